The second kappa shape index (κ2) is 4.61. The molecule has 0 spiro atoms. The fourth-order valence-electron chi connectivity index (χ4n) is 0.852. The van der Waals surface area contributed by atoms with Gasteiger partial charge in [-0.1, -0.05) is 0 Å². The first kappa shape index (κ1) is 11.6. The van der Waals surface area contributed by atoms with Gasteiger partial charge in [0.25, 0.3) is 0 Å². The Morgan fingerprint density at radius 3 is 2.31 bits per heavy atom. The number of nitrogens with zero attached hydrogens (tertiary/aromatic N) is 1. The molecule has 0 aliphatic heterocycles. The molecular weight excluding hydrogens is 194 g/mol. The van der Waals surface area contributed by atoms with Crippen LogP contribution in [0.25, 0.3) is 0 Å². The normalized spacial score (nSPS) is 8.77. The quantitative estimate of drug-likeness (QED) is 0.742. The van der Waals surface area contributed by atoms with Gasteiger partial charge in [-0.2, -0.15) is 4.98 Å². The molecule has 0 radical (unpaired) electrons. The number of rotatable bonds is 2. The van der Waals surface area contributed by atoms with E-state index >= 15 is 0 Å². The molecule has 1 aromatic heterocycles. The van der Waals surface area contributed by atoms with Gasteiger partial charge >= 0.3 is 0 Å². The highest BCUT2D eigenvalue weighted by Gasteiger charge is 2.08. The molecule has 0 aliphatic rings. The van der Waals surface area contributed by atoms with E-state index in [0.29, 0.717) is 17.3 Å². The number of aromatic nitrogens is 1. The molecular formula is C7H12ClN3O2. The lowest BCUT2D eigenvalue weighted by Gasteiger charge is -2.08. The molecule has 0 atom stereocenters. The summed E-state index contributed by atoms with van der Waals surface area (Å²) in [6.45, 7) is 0. The van der Waals surface area contributed by atoms with Crippen molar-refractivity contribution in [3.8, 4) is 11.6 Å². The van der Waals surface area contributed by atoms with Crippen LogP contribution in [0, 0.1) is 0 Å². The predicted octanol–water partition coefficient (Wildman–Crippen LogP) is 0.685. The summed E-state index contributed by atoms with van der Waals surface area (Å²) in [4.78, 5) is 3.85. The molecule has 0 fully saturated rings. The van der Waals surface area contributed by atoms with E-state index in [9.17, 15) is 0 Å². The van der Waals surface area contributed by atoms with E-state index in [1.165, 1.54) is 20.3 Å². The number of anilines is 2. The lowest BCUT2D eigenvalue weighted by molar-refractivity contribution is 0.387. The van der Waals surface area contributed by atoms with Gasteiger partial charge in [-0.3, -0.25) is 0 Å². The van der Waals surface area contributed by atoms with Crippen molar-refractivity contribution in [3.05, 3.63) is 6.07 Å². The van der Waals surface area contributed by atoms with E-state index in [4.69, 9.17) is 20.9 Å². The molecule has 0 bridgehead atoms. The molecule has 0 saturated carbocycles. The Kier molecular flexibility index (Phi) is 4.13. The summed E-state index contributed by atoms with van der Waals surface area (Å²) in [5, 5.41) is 0. The summed E-state index contributed by atoms with van der Waals surface area (Å²) in [5.74, 6) is 1.07. The number of hydrogen-bond acceptors (Lipinski definition) is 5. The molecule has 1 rings (SSSR count). The van der Waals surface area contributed by atoms with Crippen molar-refractivity contribution in [2.75, 3.05) is 25.7 Å². The van der Waals surface area contributed by atoms with Gasteiger partial charge in [-0.25, -0.2) is 0 Å². The Bertz CT molecular complexity index is 268. The Labute approximate surface area is 82.4 Å². The van der Waals surface area contributed by atoms with Crippen molar-refractivity contribution in [1.82, 2.24) is 4.98 Å². The van der Waals surface area contributed by atoms with Crippen LogP contribution in [-0.4, -0.2) is 19.2 Å². The summed E-state index contributed by atoms with van der Waals surface area (Å²) in [6, 6.07) is 1.54. The summed E-state index contributed by atoms with van der Waals surface area (Å²) in [6.07, 6.45) is 0. The van der Waals surface area contributed by atoms with Crippen LogP contribution in [0.3, 0.4) is 0 Å². The summed E-state index contributed by atoms with van der Waals surface area (Å²) in [5.41, 5.74) is 11.4. The number of nitrogens with two attached hydrogens (primary N) is 2. The monoisotopic (exact) mass is 205 g/mol. The van der Waals surface area contributed by atoms with E-state index in [1.807, 2.05) is 0 Å². The number of hydrogen-bond donors (Lipinski definition) is 2. The van der Waals surface area contributed by atoms with Crippen LogP contribution in [0.2, 0.25) is 0 Å². The highest BCUT2D eigenvalue weighted by molar-refractivity contribution is 5.85. The Hall–Kier alpha value is -1.36. The van der Waals surface area contributed by atoms with Crippen molar-refractivity contribution in [1.29, 1.82) is 0 Å². The lowest BCUT2D eigenvalue weighted by atomic mass is 10.3. The third-order valence-electron chi connectivity index (χ3n) is 1.42. The van der Waals surface area contributed by atoms with Gasteiger partial charge in [0.05, 0.1) is 14.2 Å². The molecule has 1 aromatic rings. The maximum Gasteiger partial charge on any atom is 0.242 e. The molecule has 1 heterocycles. The first-order valence-electron chi connectivity index (χ1n) is 3.33. The number of pyridine rings is 1. The zero-order valence-corrected chi connectivity index (χ0v) is 8.22. The van der Waals surface area contributed by atoms with Crippen molar-refractivity contribution in [2.24, 2.45) is 0 Å². The average Bonchev–Trinajstić information content (AvgIpc) is 2.08. The zero-order chi connectivity index (χ0) is 9.14. The van der Waals surface area contributed by atoms with Gasteiger partial charge in [-0.05, 0) is 0 Å². The highest BCUT2D eigenvalue weighted by Crippen LogP contribution is 2.30. The Balaban J connectivity index is 0.00000144. The van der Waals surface area contributed by atoms with E-state index in [0.717, 1.165) is 0 Å². The van der Waals surface area contributed by atoms with Crippen molar-refractivity contribution < 1.29 is 9.47 Å². The second-order valence-corrected chi connectivity index (χ2v) is 2.17. The molecule has 5 nitrogen and oxygen atoms in total. The molecule has 0 saturated heterocycles. The van der Waals surface area contributed by atoms with Gasteiger partial charge in [0.15, 0.2) is 5.75 Å². The van der Waals surface area contributed by atoms with Gasteiger partial charge in [0, 0.05) is 6.07 Å². The molecule has 0 aromatic carbocycles. The van der Waals surface area contributed by atoms with Gasteiger partial charge in [-0.15, -0.1) is 12.4 Å². The van der Waals surface area contributed by atoms with Crippen LogP contribution in [0.1, 0.15) is 0 Å². The fraction of sp³-hybridized carbons (Fsp3) is 0.286. The number of methoxy groups -OCH3 is 2. The summed E-state index contributed by atoms with van der Waals surface area (Å²) < 4.78 is 9.82. The predicted molar refractivity (Wildman–Crippen MR) is 53.4 cm³/mol. The van der Waals surface area contributed by atoms with Crippen molar-refractivity contribution in [2.45, 2.75) is 0 Å². The zero-order valence-electron chi connectivity index (χ0n) is 7.40. The number of ether oxygens (including phenoxy) is 2. The van der Waals surface area contributed by atoms with Gasteiger partial charge < -0.3 is 20.9 Å². The lowest BCUT2D eigenvalue weighted by Crippen LogP contribution is -2.01. The molecule has 74 valence electrons. The van der Waals surface area contributed by atoms with E-state index in [2.05, 4.69) is 4.98 Å². The minimum Gasteiger partial charge on any atom is -0.494 e. The average molecular weight is 206 g/mol. The first-order valence-corrected chi connectivity index (χ1v) is 3.33. The van der Waals surface area contributed by atoms with Crippen LogP contribution in [0.4, 0.5) is 11.5 Å². The molecule has 6 heteroatoms. The molecule has 4 N–H and O–H groups in total. The minimum absolute atomic E-state index is 0. The fourth-order valence-corrected chi connectivity index (χ4v) is 0.852. The molecule has 0 aliphatic carbocycles. The molecule has 13 heavy (non-hydrogen) atoms. The van der Waals surface area contributed by atoms with Crippen LogP contribution >= 0.6 is 12.4 Å². The molecule has 0 amide bonds. The third-order valence-corrected chi connectivity index (χ3v) is 1.42. The maximum absolute atomic E-state index is 5.61. The second-order valence-electron chi connectivity index (χ2n) is 2.17. The smallest absolute Gasteiger partial charge is 0.242 e. The Morgan fingerprint density at radius 1 is 1.23 bits per heavy atom. The van der Waals surface area contributed by atoms with Crippen LogP contribution in [0.5, 0.6) is 11.6 Å². The van der Waals surface area contributed by atoms with Crippen LogP contribution in [-0.2, 0) is 0 Å². The van der Waals surface area contributed by atoms with Crippen molar-refractivity contribution in [3.63, 3.8) is 0 Å². The number of halogens is 1. The summed E-state index contributed by atoms with van der Waals surface area (Å²) in [7, 11) is 2.97. The standard InChI is InChI=1S/C7H11N3O2.ClH/c1-11-4-3-5(8)10-7(12-2)6(4)9;/h3H,9H2,1-2H3,(H2,8,10);1H. The number of nitrogen functional groups attached to an aromatic ring is 2. The van der Waals surface area contributed by atoms with Gasteiger partial charge in [0.2, 0.25) is 5.88 Å². The highest BCUT2D eigenvalue weighted by atomic mass is 35.5. The SMILES string of the molecule is COc1cc(N)nc(OC)c1N.Cl. The third kappa shape index (κ3) is 2.29. The largest absolute Gasteiger partial charge is 0.494 e. The van der Waals surface area contributed by atoms with Crippen LogP contribution in [0.15, 0.2) is 6.07 Å². The van der Waals surface area contributed by atoms with Crippen molar-refractivity contribution >= 4 is 23.9 Å². The topological polar surface area (TPSA) is 83.4 Å². The Morgan fingerprint density at radius 2 is 1.85 bits per heavy atom. The summed E-state index contributed by atoms with van der Waals surface area (Å²) >= 11 is 0. The van der Waals surface area contributed by atoms with Crippen LogP contribution < -0.4 is 20.9 Å². The minimum atomic E-state index is 0. The van der Waals surface area contributed by atoms with E-state index < -0.39 is 0 Å². The first-order chi connectivity index (χ1) is 5.69. The maximum atomic E-state index is 5.61. The van der Waals surface area contributed by atoms with Gasteiger partial charge in [0.1, 0.15) is 11.5 Å². The molecule has 0 unspecified atom stereocenters. The van der Waals surface area contributed by atoms with E-state index in [-0.39, 0.29) is 18.3 Å². The van der Waals surface area contributed by atoms with E-state index in [1.54, 1.807) is 0 Å².